The van der Waals surface area contributed by atoms with Crippen molar-refractivity contribution in [2.45, 2.75) is 12.0 Å². The van der Waals surface area contributed by atoms with Crippen LogP contribution in [0.2, 0.25) is 0 Å². The molecule has 0 aliphatic carbocycles. The Morgan fingerprint density at radius 2 is 1.78 bits per heavy atom. The number of fused-ring (bicyclic) bond motifs is 1. The zero-order valence-electron chi connectivity index (χ0n) is 14.0. The van der Waals surface area contributed by atoms with E-state index in [4.69, 9.17) is 5.73 Å². The van der Waals surface area contributed by atoms with Crippen LogP contribution >= 0.6 is 0 Å². The summed E-state index contributed by atoms with van der Waals surface area (Å²) in [5, 5.41) is 21.7. The number of aliphatic hydroxyl groups is 1. The van der Waals surface area contributed by atoms with E-state index in [1.54, 1.807) is 18.2 Å². The van der Waals surface area contributed by atoms with Crippen molar-refractivity contribution in [2.24, 2.45) is 5.73 Å². The van der Waals surface area contributed by atoms with Crippen LogP contribution in [0.15, 0.2) is 48.5 Å². The van der Waals surface area contributed by atoms with Gasteiger partial charge in [-0.2, -0.15) is 0 Å². The molecule has 9 nitrogen and oxygen atoms in total. The molecule has 0 saturated carbocycles. The smallest absolute Gasteiger partial charge is 0.269 e. The number of hydrogen-bond acceptors (Lipinski definition) is 6. The summed E-state index contributed by atoms with van der Waals surface area (Å²) in [5.74, 6) is -2.15. The van der Waals surface area contributed by atoms with Crippen LogP contribution in [0.5, 0.6) is 0 Å². The monoisotopic (exact) mass is 369 g/mol. The number of primary amides is 1. The maximum absolute atomic E-state index is 12.8. The van der Waals surface area contributed by atoms with Gasteiger partial charge in [-0.15, -0.1) is 0 Å². The molecule has 0 fully saturated rings. The zero-order chi connectivity index (χ0) is 19.8. The highest BCUT2D eigenvalue weighted by Gasteiger charge is 2.51. The number of amides is 2. The van der Waals surface area contributed by atoms with Crippen molar-refractivity contribution in [2.75, 3.05) is 11.4 Å². The lowest BCUT2D eigenvalue weighted by Gasteiger charge is -2.22. The Morgan fingerprint density at radius 3 is 2.37 bits per heavy atom. The first-order valence-electron chi connectivity index (χ1n) is 7.94. The maximum Gasteiger partial charge on any atom is 0.269 e. The molecule has 27 heavy (non-hydrogen) atoms. The van der Waals surface area contributed by atoms with Crippen LogP contribution in [0.25, 0.3) is 0 Å². The minimum atomic E-state index is -2.15. The Kier molecular flexibility index (Phi) is 4.46. The fourth-order valence-corrected chi connectivity index (χ4v) is 3.09. The van der Waals surface area contributed by atoms with E-state index >= 15 is 0 Å². The molecule has 9 heteroatoms. The van der Waals surface area contributed by atoms with E-state index in [9.17, 15) is 29.6 Å². The minimum Gasteiger partial charge on any atom is -0.375 e. The van der Waals surface area contributed by atoms with Gasteiger partial charge in [-0.25, -0.2) is 0 Å². The number of para-hydroxylation sites is 1. The third kappa shape index (κ3) is 3.15. The molecule has 0 radical (unpaired) electrons. The van der Waals surface area contributed by atoms with E-state index in [0.29, 0.717) is 5.69 Å². The Balaban J connectivity index is 1.93. The molecule has 1 atom stereocenters. The molecule has 3 rings (SSSR count). The van der Waals surface area contributed by atoms with Crippen molar-refractivity contribution in [1.29, 1.82) is 0 Å². The lowest BCUT2D eigenvalue weighted by molar-refractivity contribution is -0.384. The number of anilines is 1. The molecule has 0 aromatic heterocycles. The third-order valence-electron chi connectivity index (χ3n) is 4.37. The van der Waals surface area contributed by atoms with Gasteiger partial charge in [0, 0.05) is 23.3 Å². The molecule has 0 bridgehead atoms. The number of rotatable bonds is 6. The summed E-state index contributed by atoms with van der Waals surface area (Å²) < 4.78 is 0. The summed E-state index contributed by atoms with van der Waals surface area (Å²) in [4.78, 5) is 47.8. The highest BCUT2D eigenvalue weighted by molar-refractivity contribution is 6.12. The normalized spacial score (nSPS) is 18.3. The van der Waals surface area contributed by atoms with E-state index in [0.717, 1.165) is 4.90 Å². The van der Waals surface area contributed by atoms with Gasteiger partial charge in [0.2, 0.25) is 5.91 Å². The van der Waals surface area contributed by atoms with Gasteiger partial charge < -0.3 is 10.8 Å². The van der Waals surface area contributed by atoms with Crippen molar-refractivity contribution in [1.82, 2.24) is 0 Å². The molecule has 3 N–H and O–H groups in total. The quantitative estimate of drug-likeness (QED) is 0.439. The molecule has 0 spiro atoms. The Morgan fingerprint density at radius 1 is 1.15 bits per heavy atom. The van der Waals surface area contributed by atoms with Crippen LogP contribution in [0.3, 0.4) is 0 Å². The molecule has 1 aliphatic rings. The SMILES string of the molecule is NC(=O)CN1C(=O)[C@@](O)(CC(=O)c2ccc([N+](=O)[O-])cc2)c2ccccc21. The number of non-ortho nitro benzene ring substituents is 1. The number of hydrogen-bond donors (Lipinski definition) is 2. The van der Waals surface area contributed by atoms with Gasteiger partial charge in [-0.1, -0.05) is 18.2 Å². The number of benzene rings is 2. The molecule has 2 aromatic carbocycles. The van der Waals surface area contributed by atoms with Crippen molar-refractivity contribution in [3.63, 3.8) is 0 Å². The second-order valence-corrected chi connectivity index (χ2v) is 6.14. The fraction of sp³-hybridized carbons (Fsp3) is 0.167. The maximum atomic E-state index is 12.8. The van der Waals surface area contributed by atoms with Crippen LogP contribution in [0, 0.1) is 10.1 Å². The predicted octanol–water partition coefficient (Wildman–Crippen LogP) is 0.887. The molecular weight excluding hydrogens is 354 g/mol. The first-order valence-corrected chi connectivity index (χ1v) is 7.94. The Hall–Kier alpha value is -3.59. The molecule has 1 heterocycles. The Bertz CT molecular complexity index is 956. The summed E-state index contributed by atoms with van der Waals surface area (Å²) in [6.45, 7) is -0.427. The zero-order valence-corrected chi connectivity index (χ0v) is 14.0. The number of nitro groups is 1. The summed E-state index contributed by atoms with van der Waals surface area (Å²) >= 11 is 0. The van der Waals surface area contributed by atoms with E-state index in [-0.39, 0.29) is 16.8 Å². The topological polar surface area (TPSA) is 144 Å². The van der Waals surface area contributed by atoms with Crippen molar-refractivity contribution in [3.8, 4) is 0 Å². The van der Waals surface area contributed by atoms with Crippen molar-refractivity contribution < 1.29 is 24.4 Å². The number of carbonyl (C=O) groups excluding carboxylic acids is 3. The van der Waals surface area contributed by atoms with Gasteiger partial charge in [0.15, 0.2) is 11.4 Å². The highest BCUT2D eigenvalue weighted by Crippen LogP contribution is 2.42. The number of nitrogens with two attached hydrogens (primary N) is 1. The standard InChI is InChI=1S/C18H15N3O6/c19-16(23)10-20-14-4-2-1-3-13(14)18(25,17(20)24)9-15(22)11-5-7-12(8-6-11)21(26)27/h1-8,25H,9-10H2,(H2,19,23)/t18-/m1/s1. The number of ketones is 1. The average Bonchev–Trinajstić information content (AvgIpc) is 2.84. The third-order valence-corrected chi connectivity index (χ3v) is 4.37. The summed E-state index contributed by atoms with van der Waals surface area (Å²) in [7, 11) is 0. The number of nitro benzene ring substituents is 1. The minimum absolute atomic E-state index is 0.118. The summed E-state index contributed by atoms with van der Waals surface area (Å²) in [6.07, 6.45) is -0.573. The molecule has 1 aliphatic heterocycles. The van der Waals surface area contributed by atoms with Gasteiger partial charge >= 0.3 is 0 Å². The van der Waals surface area contributed by atoms with Crippen LogP contribution in [-0.4, -0.2) is 34.2 Å². The van der Waals surface area contributed by atoms with E-state index in [1.165, 1.54) is 30.3 Å². The summed E-state index contributed by atoms with van der Waals surface area (Å²) in [5.41, 5.74) is 3.47. The number of nitrogens with zero attached hydrogens (tertiary/aromatic N) is 2. The van der Waals surface area contributed by atoms with E-state index < -0.39 is 41.1 Å². The van der Waals surface area contributed by atoms with Gasteiger partial charge in [0.25, 0.3) is 11.6 Å². The van der Waals surface area contributed by atoms with Gasteiger partial charge in [-0.05, 0) is 18.2 Å². The van der Waals surface area contributed by atoms with E-state index in [2.05, 4.69) is 0 Å². The molecule has 0 saturated heterocycles. The largest absolute Gasteiger partial charge is 0.375 e. The van der Waals surface area contributed by atoms with E-state index in [1.807, 2.05) is 0 Å². The second kappa shape index (κ2) is 6.61. The average molecular weight is 369 g/mol. The lowest BCUT2D eigenvalue weighted by Crippen LogP contribution is -2.44. The molecule has 0 unspecified atom stereocenters. The second-order valence-electron chi connectivity index (χ2n) is 6.14. The van der Waals surface area contributed by atoms with Crippen molar-refractivity contribution >= 4 is 29.0 Å². The van der Waals surface area contributed by atoms with Crippen LogP contribution in [0.1, 0.15) is 22.3 Å². The predicted molar refractivity (Wildman–Crippen MR) is 93.9 cm³/mol. The van der Waals surface area contributed by atoms with Crippen LogP contribution in [0.4, 0.5) is 11.4 Å². The first kappa shape index (κ1) is 18.2. The highest BCUT2D eigenvalue weighted by atomic mass is 16.6. The van der Waals surface area contributed by atoms with Gasteiger partial charge in [-0.3, -0.25) is 29.4 Å². The van der Waals surface area contributed by atoms with Crippen LogP contribution in [-0.2, 0) is 15.2 Å². The molecule has 2 amide bonds. The fourth-order valence-electron chi connectivity index (χ4n) is 3.09. The summed E-state index contributed by atoms with van der Waals surface area (Å²) in [6, 6.07) is 11.1. The van der Waals surface area contributed by atoms with Crippen molar-refractivity contribution in [3.05, 3.63) is 69.8 Å². The molecule has 2 aromatic rings. The molecular formula is C18H15N3O6. The Labute approximate surface area is 153 Å². The van der Waals surface area contributed by atoms with Crippen LogP contribution < -0.4 is 10.6 Å². The van der Waals surface area contributed by atoms with Gasteiger partial charge in [0.05, 0.1) is 17.0 Å². The van der Waals surface area contributed by atoms with Gasteiger partial charge in [0.1, 0.15) is 6.54 Å². The lowest BCUT2D eigenvalue weighted by atomic mass is 9.88. The number of carbonyl (C=O) groups is 3. The number of Topliss-reactive ketones (excluding diaryl/α,β-unsaturated/α-hetero) is 1. The first-order chi connectivity index (χ1) is 12.7. The molecule has 138 valence electrons.